The number of hydrogen-bond acceptors (Lipinski definition) is 4. The highest BCUT2D eigenvalue weighted by Gasteiger charge is 2.14. The molecule has 0 spiro atoms. The monoisotopic (exact) mass is 430 g/mol. The second-order valence-corrected chi connectivity index (χ2v) is 8.51. The third kappa shape index (κ3) is 4.64. The molecule has 1 N–H and O–H groups in total. The fraction of sp³-hybridized carbons (Fsp3) is 0.240. The normalized spacial score (nSPS) is 11.1. The largest absolute Gasteiger partial charge is 0.325 e. The van der Waals surface area contributed by atoms with Gasteiger partial charge in [0.25, 0.3) is 0 Å². The maximum absolute atomic E-state index is 12.6. The van der Waals surface area contributed by atoms with Gasteiger partial charge in [-0.3, -0.25) is 4.79 Å². The molecule has 158 valence electrons. The summed E-state index contributed by atoms with van der Waals surface area (Å²) in [5.74, 6) is 1.14. The number of aromatic nitrogens is 3. The molecular weight excluding hydrogens is 404 g/mol. The molecule has 1 heterocycles. The highest BCUT2D eigenvalue weighted by Crippen LogP contribution is 2.24. The number of hydrogen-bond donors (Lipinski definition) is 1. The van der Waals surface area contributed by atoms with Crippen LogP contribution in [0.4, 0.5) is 5.69 Å². The van der Waals surface area contributed by atoms with Crippen molar-refractivity contribution in [3.05, 3.63) is 83.2 Å². The summed E-state index contributed by atoms with van der Waals surface area (Å²) < 4.78 is 1.98. The van der Waals surface area contributed by atoms with Crippen molar-refractivity contribution in [3.8, 4) is 0 Å². The molecular formula is C25H26N4OS. The smallest absolute Gasteiger partial charge is 0.234 e. The fourth-order valence-electron chi connectivity index (χ4n) is 3.75. The van der Waals surface area contributed by atoms with Gasteiger partial charge in [0.1, 0.15) is 5.82 Å². The van der Waals surface area contributed by atoms with Crippen molar-refractivity contribution in [1.82, 2.24) is 14.8 Å². The molecule has 0 atom stereocenters. The van der Waals surface area contributed by atoms with Gasteiger partial charge in [-0.05, 0) is 40.8 Å². The van der Waals surface area contributed by atoms with Gasteiger partial charge in [0.15, 0.2) is 5.16 Å². The Morgan fingerprint density at radius 2 is 1.74 bits per heavy atom. The van der Waals surface area contributed by atoms with Crippen LogP contribution >= 0.6 is 11.8 Å². The van der Waals surface area contributed by atoms with E-state index < -0.39 is 0 Å². The topological polar surface area (TPSA) is 59.8 Å². The van der Waals surface area contributed by atoms with Crippen LogP contribution < -0.4 is 5.32 Å². The van der Waals surface area contributed by atoms with Crippen molar-refractivity contribution in [2.75, 3.05) is 11.1 Å². The molecule has 4 rings (SSSR count). The lowest BCUT2D eigenvalue weighted by Gasteiger charge is -2.12. The number of nitrogens with zero attached hydrogens (tertiary/aromatic N) is 3. The van der Waals surface area contributed by atoms with Crippen molar-refractivity contribution >= 4 is 34.1 Å². The summed E-state index contributed by atoms with van der Waals surface area (Å²) in [5, 5.41) is 15.0. The summed E-state index contributed by atoms with van der Waals surface area (Å²) >= 11 is 1.41. The Morgan fingerprint density at radius 1 is 1.00 bits per heavy atom. The number of carbonyl (C=O) groups excluding carboxylic acids is 1. The van der Waals surface area contributed by atoms with Crippen molar-refractivity contribution < 1.29 is 4.79 Å². The van der Waals surface area contributed by atoms with E-state index in [9.17, 15) is 4.79 Å². The van der Waals surface area contributed by atoms with Crippen LogP contribution in [-0.2, 0) is 24.7 Å². The zero-order chi connectivity index (χ0) is 21.8. The van der Waals surface area contributed by atoms with Gasteiger partial charge in [0, 0.05) is 19.2 Å². The van der Waals surface area contributed by atoms with E-state index >= 15 is 0 Å². The standard InChI is InChI=1S/C25H26N4OS/c1-4-18-11-7-9-17(2)24(18)26-23(30)16-31-25-28-27-22(29(25)3)15-20-13-8-12-19-10-5-6-14-21(19)20/h5-14H,4,15-16H2,1-3H3,(H,26,30). The summed E-state index contributed by atoms with van der Waals surface area (Å²) in [6.07, 6.45) is 1.58. The number of anilines is 1. The molecule has 0 bridgehead atoms. The van der Waals surface area contributed by atoms with Crippen LogP contribution in [0.1, 0.15) is 29.4 Å². The van der Waals surface area contributed by atoms with Crippen molar-refractivity contribution in [2.45, 2.75) is 31.8 Å². The van der Waals surface area contributed by atoms with Crippen LogP contribution in [0.5, 0.6) is 0 Å². The minimum atomic E-state index is -0.0346. The lowest BCUT2D eigenvalue weighted by molar-refractivity contribution is -0.113. The Balaban J connectivity index is 1.44. The first-order chi connectivity index (χ1) is 15.1. The number of benzene rings is 3. The molecule has 0 aliphatic heterocycles. The van der Waals surface area contributed by atoms with Crippen LogP contribution in [-0.4, -0.2) is 26.4 Å². The molecule has 1 amide bonds. The highest BCUT2D eigenvalue weighted by atomic mass is 32.2. The average molecular weight is 431 g/mol. The SMILES string of the molecule is CCc1cccc(C)c1NC(=O)CSc1nnc(Cc2cccc3ccccc23)n1C. The molecule has 0 saturated heterocycles. The molecule has 5 nitrogen and oxygen atoms in total. The van der Waals surface area contributed by atoms with Gasteiger partial charge in [0.2, 0.25) is 5.91 Å². The molecule has 0 aliphatic carbocycles. The summed E-state index contributed by atoms with van der Waals surface area (Å²) in [7, 11) is 1.96. The van der Waals surface area contributed by atoms with Crippen molar-refractivity contribution in [3.63, 3.8) is 0 Å². The highest BCUT2D eigenvalue weighted by molar-refractivity contribution is 7.99. The number of fused-ring (bicyclic) bond motifs is 1. The minimum Gasteiger partial charge on any atom is -0.325 e. The molecule has 0 unspecified atom stereocenters. The predicted molar refractivity (Wildman–Crippen MR) is 128 cm³/mol. The fourth-order valence-corrected chi connectivity index (χ4v) is 4.48. The van der Waals surface area contributed by atoms with E-state index in [-0.39, 0.29) is 11.7 Å². The summed E-state index contributed by atoms with van der Waals surface area (Å²) in [4.78, 5) is 12.6. The van der Waals surface area contributed by atoms with E-state index in [1.54, 1.807) is 0 Å². The van der Waals surface area contributed by atoms with Crippen LogP contribution in [0, 0.1) is 6.92 Å². The Hall–Kier alpha value is -3.12. The Bertz CT molecular complexity index is 1230. The van der Waals surface area contributed by atoms with E-state index in [2.05, 4.69) is 71.0 Å². The van der Waals surface area contributed by atoms with Crippen molar-refractivity contribution in [1.29, 1.82) is 0 Å². The third-order valence-corrected chi connectivity index (χ3v) is 6.51. The number of amides is 1. The molecule has 0 aliphatic rings. The first-order valence-electron chi connectivity index (χ1n) is 10.4. The van der Waals surface area contributed by atoms with E-state index in [0.717, 1.165) is 34.2 Å². The van der Waals surface area contributed by atoms with Crippen LogP contribution in [0.2, 0.25) is 0 Å². The molecule has 0 fully saturated rings. The predicted octanol–water partition coefficient (Wildman–Crippen LogP) is 5.16. The summed E-state index contributed by atoms with van der Waals surface area (Å²) in [5.41, 5.74) is 4.36. The van der Waals surface area contributed by atoms with Crippen LogP contribution in [0.3, 0.4) is 0 Å². The molecule has 4 aromatic rings. The van der Waals surface area contributed by atoms with E-state index in [4.69, 9.17) is 0 Å². The summed E-state index contributed by atoms with van der Waals surface area (Å²) in [6, 6.07) is 20.8. The molecule has 6 heteroatoms. The summed E-state index contributed by atoms with van der Waals surface area (Å²) in [6.45, 7) is 4.11. The number of aryl methyl sites for hydroxylation is 2. The van der Waals surface area contributed by atoms with Gasteiger partial charge in [-0.2, -0.15) is 0 Å². The Morgan fingerprint density at radius 3 is 2.58 bits per heavy atom. The Labute approximate surface area is 186 Å². The second-order valence-electron chi connectivity index (χ2n) is 7.57. The van der Waals surface area contributed by atoms with Crippen LogP contribution in [0.25, 0.3) is 10.8 Å². The average Bonchev–Trinajstić information content (AvgIpc) is 3.13. The maximum Gasteiger partial charge on any atom is 0.234 e. The van der Waals surface area contributed by atoms with Gasteiger partial charge in [-0.25, -0.2) is 0 Å². The quantitative estimate of drug-likeness (QED) is 0.411. The third-order valence-electron chi connectivity index (χ3n) is 5.49. The molecule has 0 radical (unpaired) electrons. The first-order valence-corrected chi connectivity index (χ1v) is 11.4. The van der Waals surface area contributed by atoms with Crippen molar-refractivity contribution in [2.24, 2.45) is 7.05 Å². The van der Waals surface area contributed by atoms with E-state index in [0.29, 0.717) is 6.42 Å². The molecule has 31 heavy (non-hydrogen) atoms. The lowest BCUT2D eigenvalue weighted by atomic mass is 10.0. The number of para-hydroxylation sites is 1. The van der Waals surface area contributed by atoms with Gasteiger partial charge in [-0.1, -0.05) is 79.3 Å². The lowest BCUT2D eigenvalue weighted by Crippen LogP contribution is -2.16. The molecule has 0 saturated carbocycles. The van der Waals surface area contributed by atoms with Gasteiger partial charge >= 0.3 is 0 Å². The minimum absolute atomic E-state index is 0.0346. The van der Waals surface area contributed by atoms with E-state index in [1.807, 2.05) is 30.7 Å². The van der Waals surface area contributed by atoms with Gasteiger partial charge in [0.05, 0.1) is 5.75 Å². The first kappa shape index (κ1) is 21.1. The van der Waals surface area contributed by atoms with Gasteiger partial charge in [-0.15, -0.1) is 10.2 Å². The maximum atomic E-state index is 12.6. The number of thioether (sulfide) groups is 1. The van der Waals surface area contributed by atoms with Gasteiger partial charge < -0.3 is 9.88 Å². The van der Waals surface area contributed by atoms with E-state index in [1.165, 1.54) is 28.1 Å². The molecule has 3 aromatic carbocycles. The zero-order valence-electron chi connectivity index (χ0n) is 18.1. The molecule has 1 aromatic heterocycles. The number of carbonyl (C=O) groups is 1. The number of rotatable bonds is 7. The van der Waals surface area contributed by atoms with Crippen LogP contribution in [0.15, 0.2) is 65.8 Å². The Kier molecular flexibility index (Phi) is 6.37. The number of nitrogens with one attached hydrogen (secondary N) is 1. The second kappa shape index (κ2) is 9.35. The zero-order valence-corrected chi connectivity index (χ0v) is 18.9.